The fraction of sp³-hybridized carbons (Fsp3) is 0.400. The number of rotatable bonds is 6. The van der Waals surface area contributed by atoms with Crippen LogP contribution in [0.1, 0.15) is 29.8 Å². The summed E-state index contributed by atoms with van der Waals surface area (Å²) in [4.78, 5) is 27.9. The van der Waals surface area contributed by atoms with Crippen molar-refractivity contribution in [3.05, 3.63) is 34.4 Å². The molecule has 1 aromatic rings. The zero-order chi connectivity index (χ0) is 17.7. The zero-order valence-electron chi connectivity index (χ0n) is 12.8. The molecular formula is C15H15F4NO3. The van der Waals surface area contributed by atoms with Gasteiger partial charge >= 0.3 is 5.97 Å². The molecule has 0 bridgehead atoms. The smallest absolute Gasteiger partial charge is 0.322 e. The summed E-state index contributed by atoms with van der Waals surface area (Å²) in [7, 11) is 0. The number of hydrogen-bond donors (Lipinski definition) is 0. The Hall–Kier alpha value is -2.25. The topological polar surface area (TPSA) is 55.7 Å². The molecule has 0 saturated heterocycles. The Balaban J connectivity index is 3.45. The minimum Gasteiger partial charge on any atom is -0.465 e. The van der Waals surface area contributed by atoms with Crippen molar-refractivity contribution in [2.75, 3.05) is 13.2 Å². The second-order valence-electron chi connectivity index (χ2n) is 4.50. The van der Waals surface area contributed by atoms with Crippen molar-refractivity contribution in [2.45, 2.75) is 20.8 Å². The van der Waals surface area contributed by atoms with Crippen LogP contribution in [0, 0.1) is 36.1 Å². The third-order valence-electron chi connectivity index (χ3n) is 3.01. The first kappa shape index (κ1) is 18.8. The Morgan fingerprint density at radius 2 is 1.65 bits per heavy atom. The Morgan fingerprint density at radius 1 is 1.09 bits per heavy atom. The van der Waals surface area contributed by atoms with E-state index in [1.165, 1.54) is 6.92 Å². The molecule has 126 valence electrons. The molecule has 1 unspecified atom stereocenters. The second kappa shape index (κ2) is 7.85. The molecule has 0 spiro atoms. The number of nitrogens with zero attached hydrogens (tertiary/aromatic N) is 1. The van der Waals surface area contributed by atoms with Crippen LogP contribution in [0.15, 0.2) is 4.99 Å². The summed E-state index contributed by atoms with van der Waals surface area (Å²) in [6.45, 7) is 4.17. The van der Waals surface area contributed by atoms with E-state index in [1.807, 2.05) is 0 Å². The minimum atomic E-state index is -2.12. The molecule has 0 N–H and O–H groups in total. The van der Waals surface area contributed by atoms with Gasteiger partial charge in [0.1, 0.15) is 0 Å². The van der Waals surface area contributed by atoms with Gasteiger partial charge in [0.05, 0.1) is 12.2 Å². The quantitative estimate of drug-likeness (QED) is 0.153. The molecule has 1 aromatic carbocycles. The number of ketones is 1. The lowest BCUT2D eigenvalue weighted by Crippen LogP contribution is -2.30. The summed E-state index contributed by atoms with van der Waals surface area (Å²) < 4.78 is 58.7. The molecule has 0 saturated carbocycles. The fourth-order valence-corrected chi connectivity index (χ4v) is 1.87. The molecule has 0 aliphatic heterocycles. The highest BCUT2D eigenvalue weighted by atomic mass is 19.2. The van der Waals surface area contributed by atoms with E-state index in [0.717, 1.165) is 13.1 Å². The fourth-order valence-electron chi connectivity index (χ4n) is 1.87. The molecule has 23 heavy (non-hydrogen) atoms. The summed E-state index contributed by atoms with van der Waals surface area (Å²) in [5.74, 6) is -11.7. The Bertz CT molecular complexity index is 630. The molecule has 0 aromatic heterocycles. The van der Waals surface area contributed by atoms with Crippen molar-refractivity contribution < 1.29 is 31.9 Å². The van der Waals surface area contributed by atoms with Crippen LogP contribution >= 0.6 is 0 Å². The highest BCUT2D eigenvalue weighted by Gasteiger charge is 2.34. The minimum absolute atomic E-state index is 0.0593. The molecule has 0 amide bonds. The van der Waals surface area contributed by atoms with Crippen molar-refractivity contribution in [1.82, 2.24) is 0 Å². The van der Waals surface area contributed by atoms with Crippen molar-refractivity contribution >= 4 is 18.0 Å². The van der Waals surface area contributed by atoms with Gasteiger partial charge < -0.3 is 4.74 Å². The highest BCUT2D eigenvalue weighted by molar-refractivity contribution is 6.19. The first-order chi connectivity index (χ1) is 10.8. The highest BCUT2D eigenvalue weighted by Crippen LogP contribution is 2.26. The van der Waals surface area contributed by atoms with E-state index in [4.69, 9.17) is 0 Å². The molecule has 1 atom stereocenters. The predicted molar refractivity (Wildman–Crippen MR) is 74.5 cm³/mol. The lowest BCUT2D eigenvalue weighted by molar-refractivity contribution is -0.143. The molecule has 0 aliphatic carbocycles. The maximum Gasteiger partial charge on any atom is 0.322 e. The summed E-state index contributed by atoms with van der Waals surface area (Å²) in [5, 5.41) is 0. The molecule has 1 rings (SSSR count). The van der Waals surface area contributed by atoms with Gasteiger partial charge in [-0.3, -0.25) is 14.6 Å². The van der Waals surface area contributed by atoms with Gasteiger partial charge in [-0.15, -0.1) is 0 Å². The van der Waals surface area contributed by atoms with Crippen LogP contribution in [-0.2, 0) is 9.53 Å². The molecule has 8 heteroatoms. The van der Waals surface area contributed by atoms with E-state index in [2.05, 4.69) is 9.73 Å². The molecule has 0 aliphatic rings. The van der Waals surface area contributed by atoms with E-state index in [-0.39, 0.29) is 13.2 Å². The van der Waals surface area contributed by atoms with E-state index >= 15 is 0 Å². The number of benzene rings is 1. The van der Waals surface area contributed by atoms with Crippen LogP contribution in [0.3, 0.4) is 0 Å². The number of esters is 1. The summed E-state index contributed by atoms with van der Waals surface area (Å²) >= 11 is 0. The predicted octanol–water partition coefficient (Wildman–Crippen LogP) is 3.00. The Morgan fingerprint density at radius 3 is 2.17 bits per heavy atom. The van der Waals surface area contributed by atoms with Gasteiger partial charge in [0.25, 0.3) is 0 Å². The average Bonchev–Trinajstić information content (AvgIpc) is 2.52. The lowest BCUT2D eigenvalue weighted by atomic mass is 9.94. The number of halogens is 4. The molecule has 0 heterocycles. The van der Waals surface area contributed by atoms with Crippen LogP contribution < -0.4 is 0 Å². The van der Waals surface area contributed by atoms with Gasteiger partial charge in [-0.05, 0) is 20.8 Å². The normalized spacial score (nSPS) is 12.5. The van der Waals surface area contributed by atoms with E-state index in [0.29, 0.717) is 0 Å². The number of aliphatic imine (C=N–C) groups is 1. The van der Waals surface area contributed by atoms with Crippen molar-refractivity contribution in [1.29, 1.82) is 0 Å². The third kappa shape index (κ3) is 3.75. The summed E-state index contributed by atoms with van der Waals surface area (Å²) in [5.41, 5.74) is -1.77. The van der Waals surface area contributed by atoms with Crippen LogP contribution in [-0.4, -0.2) is 31.1 Å². The number of hydrogen-bond acceptors (Lipinski definition) is 4. The summed E-state index contributed by atoms with van der Waals surface area (Å²) in [6, 6.07) is 0. The Labute approximate surface area is 130 Å². The summed E-state index contributed by atoms with van der Waals surface area (Å²) in [6.07, 6.45) is 0.915. The second-order valence-corrected chi connectivity index (χ2v) is 4.50. The monoisotopic (exact) mass is 333 g/mol. The van der Waals surface area contributed by atoms with Crippen molar-refractivity contribution in [2.24, 2.45) is 10.9 Å². The van der Waals surface area contributed by atoms with Gasteiger partial charge in [-0.1, -0.05) is 0 Å². The number of ether oxygens (including phenoxy) is 1. The van der Waals surface area contributed by atoms with Crippen LogP contribution in [0.25, 0.3) is 0 Å². The number of Topliss-reactive ketones (excluding diaryl/α,β-unsaturated/α-hetero) is 1. The largest absolute Gasteiger partial charge is 0.465 e. The Kier molecular flexibility index (Phi) is 6.41. The maximum atomic E-state index is 13.9. The van der Waals surface area contributed by atoms with Gasteiger partial charge in [0, 0.05) is 18.3 Å². The molecule has 0 radical (unpaired) electrons. The first-order valence-electron chi connectivity index (χ1n) is 6.81. The lowest BCUT2D eigenvalue weighted by Gasteiger charge is -2.14. The van der Waals surface area contributed by atoms with Crippen LogP contribution in [0.4, 0.5) is 17.6 Å². The first-order valence-corrected chi connectivity index (χ1v) is 6.81. The van der Waals surface area contributed by atoms with Gasteiger partial charge in [-0.2, -0.15) is 0 Å². The van der Waals surface area contributed by atoms with Crippen LogP contribution in [0.5, 0.6) is 0 Å². The molecule has 4 nitrogen and oxygen atoms in total. The van der Waals surface area contributed by atoms with Gasteiger partial charge in [-0.25, -0.2) is 17.6 Å². The third-order valence-corrected chi connectivity index (χ3v) is 3.01. The molecular weight excluding hydrogens is 318 g/mol. The van der Waals surface area contributed by atoms with E-state index in [9.17, 15) is 27.2 Å². The maximum absolute atomic E-state index is 13.9. The standard InChI is InChI=1S/C15H15F4NO3/c1-4-20-6-8(15(22)23-5-2)14(21)9-7(3)10(16)12(18)13(19)11(9)17/h6,8H,4-5H2,1-3H3. The van der Waals surface area contributed by atoms with Gasteiger partial charge in [0.15, 0.2) is 35.0 Å². The number of carbonyl (C=O) groups excluding carboxylic acids is 2. The zero-order valence-corrected chi connectivity index (χ0v) is 12.8. The average molecular weight is 333 g/mol. The van der Waals surface area contributed by atoms with Gasteiger partial charge in [0.2, 0.25) is 0 Å². The van der Waals surface area contributed by atoms with Crippen molar-refractivity contribution in [3.63, 3.8) is 0 Å². The van der Waals surface area contributed by atoms with Crippen molar-refractivity contribution in [3.8, 4) is 0 Å². The number of carbonyl (C=O) groups is 2. The SMILES string of the molecule is CCN=CC(C(=O)OCC)C(=O)c1c(C)c(F)c(F)c(F)c1F. The van der Waals surface area contributed by atoms with E-state index in [1.54, 1.807) is 6.92 Å². The van der Waals surface area contributed by atoms with E-state index < -0.39 is 52.1 Å². The molecule has 0 fully saturated rings. The van der Waals surface area contributed by atoms with Crippen LogP contribution in [0.2, 0.25) is 0 Å².